The SMILES string of the molecule is COC(=O)c1ccoc1CSC(C)C(C)O. The highest BCUT2D eigenvalue weighted by molar-refractivity contribution is 7.99. The molecule has 1 N–H and O–H groups in total. The van der Waals surface area contributed by atoms with Crippen molar-refractivity contribution < 1.29 is 19.1 Å². The molecule has 0 saturated carbocycles. The van der Waals surface area contributed by atoms with E-state index < -0.39 is 5.97 Å². The molecule has 1 aromatic heterocycles. The quantitative estimate of drug-likeness (QED) is 0.803. The summed E-state index contributed by atoms with van der Waals surface area (Å²) in [6, 6.07) is 1.59. The van der Waals surface area contributed by atoms with Gasteiger partial charge in [-0.15, -0.1) is 11.8 Å². The zero-order chi connectivity index (χ0) is 12.1. The summed E-state index contributed by atoms with van der Waals surface area (Å²) in [6.45, 7) is 3.66. The first-order valence-corrected chi connectivity index (χ1v) is 6.05. The fourth-order valence-corrected chi connectivity index (χ4v) is 2.01. The van der Waals surface area contributed by atoms with Gasteiger partial charge in [0.1, 0.15) is 11.3 Å². The van der Waals surface area contributed by atoms with Crippen LogP contribution in [0.25, 0.3) is 0 Å². The molecule has 2 atom stereocenters. The first-order valence-electron chi connectivity index (χ1n) is 5.00. The minimum absolute atomic E-state index is 0.0931. The molecular weight excluding hydrogens is 228 g/mol. The lowest BCUT2D eigenvalue weighted by Gasteiger charge is -2.13. The number of hydrogen-bond acceptors (Lipinski definition) is 5. The van der Waals surface area contributed by atoms with Crippen LogP contribution < -0.4 is 0 Å². The molecule has 0 aliphatic carbocycles. The van der Waals surface area contributed by atoms with Crippen molar-refractivity contribution in [3.63, 3.8) is 0 Å². The Labute approximate surface area is 99.0 Å². The number of hydrogen-bond donors (Lipinski definition) is 1. The van der Waals surface area contributed by atoms with Gasteiger partial charge in [-0.3, -0.25) is 0 Å². The van der Waals surface area contributed by atoms with Gasteiger partial charge in [-0.1, -0.05) is 6.92 Å². The summed E-state index contributed by atoms with van der Waals surface area (Å²) in [4.78, 5) is 11.3. The van der Waals surface area contributed by atoms with Crippen LogP contribution in [-0.2, 0) is 10.5 Å². The number of carbonyl (C=O) groups is 1. The number of rotatable bonds is 5. The molecule has 0 aliphatic heterocycles. The molecule has 0 radical (unpaired) electrons. The van der Waals surface area contributed by atoms with Crippen LogP contribution in [0.3, 0.4) is 0 Å². The minimum Gasteiger partial charge on any atom is -0.468 e. The predicted molar refractivity (Wildman–Crippen MR) is 62.5 cm³/mol. The van der Waals surface area contributed by atoms with Gasteiger partial charge < -0.3 is 14.3 Å². The Morgan fingerprint density at radius 3 is 2.88 bits per heavy atom. The molecule has 16 heavy (non-hydrogen) atoms. The number of carbonyl (C=O) groups excluding carboxylic acids is 1. The lowest BCUT2D eigenvalue weighted by Crippen LogP contribution is -2.15. The molecule has 0 amide bonds. The lowest BCUT2D eigenvalue weighted by molar-refractivity contribution is 0.0598. The van der Waals surface area contributed by atoms with Crippen molar-refractivity contribution in [2.45, 2.75) is 31.0 Å². The van der Waals surface area contributed by atoms with E-state index in [1.165, 1.54) is 25.1 Å². The first-order chi connectivity index (χ1) is 7.56. The van der Waals surface area contributed by atoms with Crippen molar-refractivity contribution in [3.8, 4) is 0 Å². The third-order valence-electron chi connectivity index (χ3n) is 2.31. The van der Waals surface area contributed by atoms with Gasteiger partial charge in [0, 0.05) is 5.25 Å². The Morgan fingerprint density at radius 1 is 1.62 bits per heavy atom. The summed E-state index contributed by atoms with van der Waals surface area (Å²) in [5, 5.41) is 9.42. The van der Waals surface area contributed by atoms with Crippen molar-refractivity contribution in [1.82, 2.24) is 0 Å². The molecule has 1 aromatic rings. The first kappa shape index (κ1) is 13.1. The largest absolute Gasteiger partial charge is 0.468 e. The number of aliphatic hydroxyl groups excluding tert-OH is 1. The second-order valence-electron chi connectivity index (χ2n) is 3.51. The average molecular weight is 244 g/mol. The van der Waals surface area contributed by atoms with Gasteiger partial charge in [0.25, 0.3) is 0 Å². The fourth-order valence-electron chi connectivity index (χ4n) is 1.09. The Bertz CT molecular complexity index is 346. The third-order valence-corrected chi connectivity index (χ3v) is 3.66. The number of esters is 1. The summed E-state index contributed by atoms with van der Waals surface area (Å²) in [6.07, 6.45) is 1.08. The molecule has 1 rings (SSSR count). The van der Waals surface area contributed by atoms with E-state index in [-0.39, 0.29) is 11.4 Å². The van der Waals surface area contributed by atoms with Gasteiger partial charge in [0.05, 0.1) is 25.2 Å². The van der Waals surface area contributed by atoms with E-state index in [0.29, 0.717) is 17.1 Å². The van der Waals surface area contributed by atoms with Crippen LogP contribution in [-0.4, -0.2) is 29.5 Å². The molecule has 0 spiro atoms. The normalized spacial score (nSPS) is 14.5. The third kappa shape index (κ3) is 3.28. The second-order valence-corrected chi connectivity index (χ2v) is 4.87. The average Bonchev–Trinajstić information content (AvgIpc) is 2.72. The molecule has 90 valence electrons. The van der Waals surface area contributed by atoms with Gasteiger partial charge in [-0.2, -0.15) is 0 Å². The number of thioether (sulfide) groups is 1. The van der Waals surface area contributed by atoms with E-state index in [2.05, 4.69) is 4.74 Å². The van der Waals surface area contributed by atoms with E-state index >= 15 is 0 Å². The van der Waals surface area contributed by atoms with Crippen molar-refractivity contribution in [1.29, 1.82) is 0 Å². The Kier molecular flexibility index (Phi) is 4.89. The maximum Gasteiger partial charge on any atom is 0.341 e. The van der Waals surface area contributed by atoms with Crippen molar-refractivity contribution in [2.24, 2.45) is 0 Å². The van der Waals surface area contributed by atoms with E-state index in [0.717, 1.165) is 0 Å². The molecule has 0 bridgehead atoms. The smallest absolute Gasteiger partial charge is 0.341 e. The van der Waals surface area contributed by atoms with Crippen molar-refractivity contribution >= 4 is 17.7 Å². The number of ether oxygens (including phenoxy) is 1. The van der Waals surface area contributed by atoms with E-state index in [9.17, 15) is 9.90 Å². The molecular formula is C11H16O4S. The van der Waals surface area contributed by atoms with Gasteiger partial charge in [0.2, 0.25) is 0 Å². The van der Waals surface area contributed by atoms with Gasteiger partial charge in [0.15, 0.2) is 0 Å². The van der Waals surface area contributed by atoms with Crippen LogP contribution in [0.5, 0.6) is 0 Å². The van der Waals surface area contributed by atoms with Crippen LogP contribution in [0.2, 0.25) is 0 Å². The van der Waals surface area contributed by atoms with Crippen LogP contribution >= 0.6 is 11.8 Å². The highest BCUT2D eigenvalue weighted by Gasteiger charge is 2.17. The predicted octanol–water partition coefficient (Wildman–Crippen LogP) is 2.07. The summed E-state index contributed by atoms with van der Waals surface area (Å²) >= 11 is 1.53. The minimum atomic E-state index is -0.394. The molecule has 5 heteroatoms. The van der Waals surface area contributed by atoms with E-state index in [1.54, 1.807) is 13.0 Å². The number of furan rings is 1. The maximum absolute atomic E-state index is 11.3. The van der Waals surface area contributed by atoms with Crippen LogP contribution in [0, 0.1) is 0 Å². The summed E-state index contributed by atoms with van der Waals surface area (Å²) in [5.74, 6) is 0.738. The number of methoxy groups -OCH3 is 1. The van der Waals surface area contributed by atoms with E-state index in [1.807, 2.05) is 6.92 Å². The van der Waals surface area contributed by atoms with Gasteiger partial charge >= 0.3 is 5.97 Å². The Morgan fingerprint density at radius 2 is 2.31 bits per heavy atom. The standard InChI is InChI=1S/C11H16O4S/c1-7(12)8(2)16-6-10-9(4-5-15-10)11(13)14-3/h4-5,7-8,12H,6H2,1-3H3. The molecule has 0 aliphatic rings. The zero-order valence-electron chi connectivity index (χ0n) is 9.60. The highest BCUT2D eigenvalue weighted by atomic mass is 32.2. The zero-order valence-corrected chi connectivity index (χ0v) is 10.4. The highest BCUT2D eigenvalue weighted by Crippen LogP contribution is 2.23. The second kappa shape index (κ2) is 5.96. The summed E-state index contributed by atoms with van der Waals surface area (Å²) in [5.41, 5.74) is 0.452. The lowest BCUT2D eigenvalue weighted by atomic mass is 10.3. The monoisotopic (exact) mass is 244 g/mol. The summed E-state index contributed by atoms with van der Waals surface area (Å²) < 4.78 is 9.85. The summed E-state index contributed by atoms with van der Waals surface area (Å²) in [7, 11) is 1.34. The van der Waals surface area contributed by atoms with Gasteiger partial charge in [-0.05, 0) is 13.0 Å². The topological polar surface area (TPSA) is 59.7 Å². The van der Waals surface area contributed by atoms with Crippen molar-refractivity contribution in [2.75, 3.05) is 7.11 Å². The number of aliphatic hydroxyl groups is 1. The Balaban J connectivity index is 2.61. The van der Waals surface area contributed by atoms with Crippen molar-refractivity contribution in [3.05, 3.63) is 23.7 Å². The molecule has 0 fully saturated rings. The van der Waals surface area contributed by atoms with Crippen LogP contribution in [0.15, 0.2) is 16.7 Å². The van der Waals surface area contributed by atoms with Crippen LogP contribution in [0.1, 0.15) is 30.0 Å². The van der Waals surface area contributed by atoms with Crippen LogP contribution in [0.4, 0.5) is 0 Å². The molecule has 4 nitrogen and oxygen atoms in total. The Hall–Kier alpha value is -0.940. The molecule has 0 saturated heterocycles. The van der Waals surface area contributed by atoms with Gasteiger partial charge in [-0.25, -0.2) is 4.79 Å². The molecule has 0 aromatic carbocycles. The molecule has 2 unspecified atom stereocenters. The molecule has 1 heterocycles. The fraction of sp³-hybridized carbons (Fsp3) is 0.545. The maximum atomic E-state index is 11.3. The van der Waals surface area contributed by atoms with E-state index in [4.69, 9.17) is 4.42 Å².